The molecule has 5 N–H and O–H groups in total. The molecule has 2 aromatic carbocycles. The Morgan fingerprint density at radius 3 is 1.65 bits per heavy atom. The number of nitrogen functional groups attached to an aromatic ring is 2. The van der Waals surface area contributed by atoms with Gasteiger partial charge in [0.25, 0.3) is 0 Å². The number of hydrogen-bond acceptors (Lipinski definition) is 4. The molecule has 0 bridgehead atoms. The molecule has 0 heterocycles. The highest BCUT2D eigenvalue weighted by Gasteiger charge is 2.12. The number of benzene rings is 2. The summed E-state index contributed by atoms with van der Waals surface area (Å²) in [5.74, 6) is 0. The number of allylic oxidation sites excluding steroid dienone is 5. The molecular formula is C21H21ClN4. The fourth-order valence-corrected chi connectivity index (χ4v) is 2.62. The second kappa shape index (κ2) is 9.26. The number of hydrogen-bond donors (Lipinski definition) is 3. The summed E-state index contributed by atoms with van der Waals surface area (Å²) in [5, 5.41) is 14.4. The maximum Gasteiger partial charge on any atom is 0.0569 e. The highest BCUT2D eigenvalue weighted by molar-refractivity contribution is 6.08. The first-order valence-electron chi connectivity index (χ1n) is 7.72. The van der Waals surface area contributed by atoms with Crippen molar-refractivity contribution >= 4 is 35.1 Å². The van der Waals surface area contributed by atoms with Crippen molar-refractivity contribution in [2.24, 2.45) is 0 Å². The number of nitrogens with one attached hydrogen (secondary N) is 1. The van der Waals surface area contributed by atoms with Gasteiger partial charge in [-0.3, -0.25) is 0 Å². The second-order valence-corrected chi connectivity index (χ2v) is 5.65. The Morgan fingerprint density at radius 1 is 0.846 bits per heavy atom. The van der Waals surface area contributed by atoms with Gasteiger partial charge in [0.2, 0.25) is 0 Å². The van der Waals surface area contributed by atoms with Gasteiger partial charge in [-0.25, -0.2) is 5.26 Å². The van der Waals surface area contributed by atoms with E-state index in [1.807, 2.05) is 73.7 Å². The lowest BCUT2D eigenvalue weighted by molar-refractivity contribution is 1.41. The van der Waals surface area contributed by atoms with Gasteiger partial charge in [0.1, 0.15) is 0 Å². The van der Waals surface area contributed by atoms with Crippen LogP contribution in [0, 0.1) is 17.2 Å². The summed E-state index contributed by atoms with van der Waals surface area (Å²) < 4.78 is 0. The van der Waals surface area contributed by atoms with Crippen LogP contribution >= 0.6 is 12.4 Å². The number of nitrogens with two attached hydrogens (primary N) is 2. The SMILES string of the molecule is C#N.CC1=CC(=C(c2ccc(N)cc2)c2ccc(N)cc2)C=CC1=N.Cl. The van der Waals surface area contributed by atoms with E-state index in [2.05, 4.69) is 6.57 Å². The van der Waals surface area contributed by atoms with Crippen LogP contribution in [0.1, 0.15) is 18.1 Å². The molecule has 1 aliphatic rings. The van der Waals surface area contributed by atoms with Gasteiger partial charge in [-0.1, -0.05) is 30.3 Å². The monoisotopic (exact) mass is 364 g/mol. The summed E-state index contributed by atoms with van der Waals surface area (Å²) in [6.07, 6.45) is 5.86. The number of nitrogens with zero attached hydrogens (tertiary/aromatic N) is 1. The van der Waals surface area contributed by atoms with Crippen molar-refractivity contribution in [3.63, 3.8) is 0 Å². The smallest absolute Gasteiger partial charge is 0.0569 e. The summed E-state index contributed by atoms with van der Waals surface area (Å²) in [7, 11) is 0. The maximum atomic E-state index is 7.88. The van der Waals surface area contributed by atoms with Gasteiger partial charge in [-0.05, 0) is 71.2 Å². The topological polar surface area (TPSA) is 99.7 Å². The maximum absolute atomic E-state index is 7.88. The van der Waals surface area contributed by atoms with Crippen LogP contribution in [0.25, 0.3) is 5.57 Å². The summed E-state index contributed by atoms with van der Waals surface area (Å²) >= 11 is 0. The van der Waals surface area contributed by atoms with Crippen LogP contribution in [0.15, 0.2) is 77.9 Å². The molecule has 0 saturated heterocycles. The summed E-state index contributed by atoms with van der Waals surface area (Å²) in [6.45, 7) is 5.45. The number of anilines is 2. The predicted octanol–water partition coefficient (Wildman–Crippen LogP) is 4.75. The third-order valence-electron chi connectivity index (χ3n) is 3.91. The lowest BCUT2D eigenvalue weighted by atomic mass is 9.89. The molecule has 0 aliphatic heterocycles. The van der Waals surface area contributed by atoms with Crippen LogP contribution in [0.5, 0.6) is 0 Å². The molecule has 0 spiro atoms. The first-order chi connectivity index (χ1) is 12.0. The molecule has 0 aromatic heterocycles. The summed E-state index contributed by atoms with van der Waals surface area (Å²) in [4.78, 5) is 0. The minimum absolute atomic E-state index is 0. The largest absolute Gasteiger partial charge is 0.399 e. The Labute approximate surface area is 160 Å². The second-order valence-electron chi connectivity index (χ2n) is 5.65. The molecule has 132 valence electrons. The van der Waals surface area contributed by atoms with Crippen molar-refractivity contribution in [2.75, 3.05) is 11.5 Å². The lowest BCUT2D eigenvalue weighted by Gasteiger charge is -2.16. The van der Waals surface area contributed by atoms with Gasteiger partial charge < -0.3 is 16.9 Å². The van der Waals surface area contributed by atoms with E-state index >= 15 is 0 Å². The highest BCUT2D eigenvalue weighted by Crippen LogP contribution is 2.31. The van der Waals surface area contributed by atoms with Crippen LogP contribution in [0.4, 0.5) is 11.4 Å². The molecule has 0 fully saturated rings. The molecule has 0 atom stereocenters. The third-order valence-corrected chi connectivity index (χ3v) is 3.91. The molecule has 1 aliphatic carbocycles. The summed E-state index contributed by atoms with van der Waals surface area (Å²) in [5.41, 5.74) is 19.0. The summed E-state index contributed by atoms with van der Waals surface area (Å²) in [6, 6.07) is 15.7. The van der Waals surface area contributed by atoms with Gasteiger partial charge in [-0.2, -0.15) is 0 Å². The average molecular weight is 365 g/mol. The third kappa shape index (κ3) is 4.62. The van der Waals surface area contributed by atoms with Gasteiger partial charge in [0, 0.05) is 17.9 Å². The zero-order valence-corrected chi connectivity index (χ0v) is 15.3. The molecule has 0 radical (unpaired) electrons. The molecule has 3 rings (SSSR count). The minimum Gasteiger partial charge on any atom is -0.399 e. The molecule has 2 aromatic rings. The van der Waals surface area contributed by atoms with Gasteiger partial charge in [0.05, 0.1) is 5.71 Å². The number of rotatable bonds is 2. The molecule has 4 nitrogen and oxygen atoms in total. The van der Waals surface area contributed by atoms with E-state index in [1.54, 1.807) is 0 Å². The first-order valence-corrected chi connectivity index (χ1v) is 7.72. The Kier molecular flexibility index (Phi) is 7.39. The molecule has 5 heteroatoms. The quantitative estimate of drug-likeness (QED) is 0.670. The Balaban J connectivity index is 0.00000109. The average Bonchev–Trinajstić information content (AvgIpc) is 2.63. The van der Waals surface area contributed by atoms with Crippen molar-refractivity contribution in [3.05, 3.63) is 89.0 Å². The number of halogens is 1. The van der Waals surface area contributed by atoms with E-state index in [9.17, 15) is 0 Å². The van der Waals surface area contributed by atoms with Gasteiger partial charge in [-0.15, -0.1) is 12.4 Å². The Bertz CT molecular complexity index is 838. The van der Waals surface area contributed by atoms with Crippen LogP contribution in [-0.2, 0) is 0 Å². The van der Waals surface area contributed by atoms with Crippen molar-refractivity contribution in [2.45, 2.75) is 6.92 Å². The number of nitriles is 1. The van der Waals surface area contributed by atoms with Crippen molar-refractivity contribution in [1.29, 1.82) is 10.7 Å². The van der Waals surface area contributed by atoms with Crippen molar-refractivity contribution in [3.8, 4) is 6.57 Å². The van der Waals surface area contributed by atoms with Gasteiger partial charge >= 0.3 is 0 Å². The molecule has 0 unspecified atom stereocenters. The van der Waals surface area contributed by atoms with Crippen LogP contribution in [0.2, 0.25) is 0 Å². The predicted molar refractivity (Wildman–Crippen MR) is 112 cm³/mol. The molecule has 26 heavy (non-hydrogen) atoms. The minimum atomic E-state index is 0. The fraction of sp³-hybridized carbons (Fsp3) is 0.0476. The van der Waals surface area contributed by atoms with E-state index in [0.29, 0.717) is 5.71 Å². The van der Waals surface area contributed by atoms with E-state index in [1.165, 1.54) is 0 Å². The molecular weight excluding hydrogens is 344 g/mol. The Morgan fingerprint density at radius 2 is 1.27 bits per heavy atom. The highest BCUT2D eigenvalue weighted by atomic mass is 35.5. The first kappa shape index (κ1) is 20.8. The lowest BCUT2D eigenvalue weighted by Crippen LogP contribution is -2.01. The molecule has 0 amide bonds. The van der Waals surface area contributed by atoms with Crippen molar-refractivity contribution < 1.29 is 0 Å². The van der Waals surface area contributed by atoms with Crippen LogP contribution < -0.4 is 11.5 Å². The standard InChI is InChI=1S/C20H19N3.CHN.ClH/c1-13-12-16(6-11-19(13)23)20(14-2-7-17(21)8-3-14)15-4-9-18(22)10-5-15;1-2;/h2-12,23H,21-22H2,1H3;1H;1H. The van der Waals surface area contributed by atoms with Crippen LogP contribution in [0.3, 0.4) is 0 Å². The normalized spacial score (nSPS) is 12.3. The Hall–Kier alpha value is -3.29. The van der Waals surface area contributed by atoms with Gasteiger partial charge in [0.15, 0.2) is 0 Å². The van der Waals surface area contributed by atoms with E-state index in [-0.39, 0.29) is 12.4 Å². The molecule has 0 saturated carbocycles. The fourth-order valence-electron chi connectivity index (χ4n) is 2.62. The van der Waals surface area contributed by atoms with E-state index in [4.69, 9.17) is 22.1 Å². The van der Waals surface area contributed by atoms with E-state index in [0.717, 1.165) is 39.2 Å². The zero-order chi connectivity index (χ0) is 18.4. The zero-order valence-electron chi connectivity index (χ0n) is 14.4. The van der Waals surface area contributed by atoms with E-state index < -0.39 is 0 Å². The van der Waals surface area contributed by atoms with Crippen LogP contribution in [-0.4, -0.2) is 5.71 Å². The van der Waals surface area contributed by atoms with Crippen molar-refractivity contribution in [1.82, 2.24) is 0 Å².